The molecule has 0 aliphatic carbocycles. The second-order valence-electron chi connectivity index (χ2n) is 5.63. The Kier molecular flexibility index (Phi) is 8.11. The van der Waals surface area contributed by atoms with Crippen LogP contribution in [0.1, 0.15) is 22.2 Å². The molecule has 0 saturated heterocycles. The summed E-state index contributed by atoms with van der Waals surface area (Å²) in [6, 6.07) is 14.5. The van der Waals surface area contributed by atoms with Crippen LogP contribution in [-0.2, 0) is 19.5 Å². The van der Waals surface area contributed by atoms with Crippen LogP contribution in [0.3, 0.4) is 0 Å². The lowest BCUT2D eigenvalue weighted by molar-refractivity contribution is 0.814. The minimum absolute atomic E-state index is 0. The summed E-state index contributed by atoms with van der Waals surface area (Å²) in [5.41, 5.74) is 2.16. The van der Waals surface area contributed by atoms with Gasteiger partial charge in [-0.15, -0.1) is 35.3 Å². The molecule has 0 amide bonds. The van der Waals surface area contributed by atoms with E-state index in [2.05, 4.69) is 39.8 Å². The lowest BCUT2D eigenvalue weighted by atomic mass is 10.3. The van der Waals surface area contributed by atoms with Gasteiger partial charge in [-0.05, 0) is 30.7 Å². The highest BCUT2D eigenvalue weighted by Crippen LogP contribution is 2.16. The minimum Gasteiger partial charge on any atom is -0.352 e. The summed E-state index contributed by atoms with van der Waals surface area (Å²) in [6.07, 6.45) is 4.99. The van der Waals surface area contributed by atoms with Crippen LogP contribution in [-0.4, -0.2) is 22.8 Å². The first-order valence-electron chi connectivity index (χ1n) is 8.39. The van der Waals surface area contributed by atoms with Gasteiger partial charge in [-0.25, -0.2) is 4.68 Å². The number of halogens is 1. The quantitative estimate of drug-likeness (QED) is 0.318. The van der Waals surface area contributed by atoms with E-state index in [9.17, 15) is 0 Å². The number of para-hydroxylation sites is 1. The van der Waals surface area contributed by atoms with E-state index in [4.69, 9.17) is 0 Å². The molecule has 0 bridgehead atoms. The number of nitrogens with one attached hydrogen (secondary N) is 2. The standard InChI is InChI=1S/C19H23N5S.HI/c1-3-17-9-10-18(25-17)13-22-19(20-2)21-11-15-12-23-24(14-15)16-7-5-4-6-8-16;/h4-10,12,14H,3,11,13H2,1-2H3,(H2,20,21,22);1H. The zero-order valence-electron chi connectivity index (χ0n) is 15.0. The molecule has 26 heavy (non-hydrogen) atoms. The van der Waals surface area contributed by atoms with Crippen molar-refractivity contribution in [1.82, 2.24) is 20.4 Å². The fraction of sp³-hybridized carbons (Fsp3) is 0.263. The molecular weight excluding hydrogens is 457 g/mol. The summed E-state index contributed by atoms with van der Waals surface area (Å²) in [7, 11) is 1.79. The molecule has 7 heteroatoms. The number of thiophene rings is 1. The van der Waals surface area contributed by atoms with Crippen molar-refractivity contribution in [3.8, 4) is 5.69 Å². The molecule has 2 N–H and O–H groups in total. The average Bonchev–Trinajstić information content (AvgIpc) is 3.32. The maximum Gasteiger partial charge on any atom is 0.191 e. The van der Waals surface area contributed by atoms with Crippen LogP contribution in [0, 0.1) is 0 Å². The fourth-order valence-corrected chi connectivity index (χ4v) is 3.36. The molecule has 0 spiro atoms. The van der Waals surface area contributed by atoms with Crippen LogP contribution in [0.2, 0.25) is 0 Å². The average molecular weight is 481 g/mol. The van der Waals surface area contributed by atoms with Crippen molar-refractivity contribution in [2.75, 3.05) is 7.05 Å². The summed E-state index contributed by atoms with van der Waals surface area (Å²) in [5.74, 6) is 0.791. The normalized spacial score (nSPS) is 11.1. The second kappa shape index (κ2) is 10.3. The number of hydrogen-bond donors (Lipinski definition) is 2. The Balaban J connectivity index is 0.00000243. The molecule has 3 rings (SSSR count). The third-order valence-electron chi connectivity index (χ3n) is 3.84. The zero-order valence-corrected chi connectivity index (χ0v) is 18.1. The van der Waals surface area contributed by atoms with E-state index in [0.29, 0.717) is 6.54 Å². The van der Waals surface area contributed by atoms with E-state index in [1.165, 1.54) is 9.75 Å². The molecule has 0 atom stereocenters. The summed E-state index contributed by atoms with van der Waals surface area (Å²) in [5, 5.41) is 11.1. The smallest absolute Gasteiger partial charge is 0.191 e. The van der Waals surface area contributed by atoms with Gasteiger partial charge in [-0.2, -0.15) is 5.10 Å². The van der Waals surface area contributed by atoms with Crippen molar-refractivity contribution < 1.29 is 0 Å². The van der Waals surface area contributed by atoms with Crippen molar-refractivity contribution in [2.45, 2.75) is 26.4 Å². The lowest BCUT2D eigenvalue weighted by Gasteiger charge is -2.10. The molecule has 5 nitrogen and oxygen atoms in total. The second-order valence-corrected chi connectivity index (χ2v) is 6.88. The van der Waals surface area contributed by atoms with E-state index in [1.54, 1.807) is 7.05 Å². The van der Waals surface area contributed by atoms with Crippen LogP contribution in [0.4, 0.5) is 0 Å². The third kappa shape index (κ3) is 5.57. The summed E-state index contributed by atoms with van der Waals surface area (Å²) < 4.78 is 1.88. The van der Waals surface area contributed by atoms with E-state index >= 15 is 0 Å². The first kappa shape index (κ1) is 20.4. The number of aliphatic imine (C=N–C) groups is 1. The third-order valence-corrected chi connectivity index (χ3v) is 5.07. The van der Waals surface area contributed by atoms with Gasteiger partial charge in [0.25, 0.3) is 0 Å². The highest BCUT2D eigenvalue weighted by atomic mass is 127. The van der Waals surface area contributed by atoms with E-state index < -0.39 is 0 Å². The van der Waals surface area contributed by atoms with Crippen LogP contribution in [0.15, 0.2) is 59.9 Å². The van der Waals surface area contributed by atoms with Crippen molar-refractivity contribution in [1.29, 1.82) is 0 Å². The highest BCUT2D eigenvalue weighted by Gasteiger charge is 2.04. The summed E-state index contributed by atoms with van der Waals surface area (Å²) in [6.45, 7) is 3.64. The van der Waals surface area contributed by atoms with E-state index in [1.807, 2.05) is 58.7 Å². The van der Waals surface area contributed by atoms with Gasteiger partial charge >= 0.3 is 0 Å². The largest absolute Gasteiger partial charge is 0.352 e. The first-order chi connectivity index (χ1) is 12.3. The number of rotatable bonds is 6. The molecule has 2 heterocycles. The Morgan fingerprint density at radius 2 is 1.81 bits per heavy atom. The maximum atomic E-state index is 4.41. The van der Waals surface area contributed by atoms with E-state index in [-0.39, 0.29) is 24.0 Å². The summed E-state index contributed by atoms with van der Waals surface area (Å²) >= 11 is 1.84. The van der Waals surface area contributed by atoms with Crippen molar-refractivity contribution >= 4 is 41.3 Å². The molecule has 0 aliphatic heterocycles. The van der Waals surface area contributed by atoms with Gasteiger partial charge in [-0.1, -0.05) is 25.1 Å². The Labute approximate surface area is 175 Å². The minimum atomic E-state index is 0. The SMILES string of the molecule is CCc1ccc(CNC(=NC)NCc2cnn(-c3ccccc3)c2)s1.I. The molecular formula is C19H24IN5S. The first-order valence-corrected chi connectivity index (χ1v) is 9.21. The van der Waals surface area contributed by atoms with Crippen molar-refractivity contribution in [3.05, 3.63) is 70.2 Å². The Morgan fingerprint density at radius 1 is 1.08 bits per heavy atom. The monoisotopic (exact) mass is 481 g/mol. The number of aryl methyl sites for hydroxylation is 1. The molecule has 3 aromatic rings. The number of hydrogen-bond acceptors (Lipinski definition) is 3. The van der Waals surface area contributed by atoms with Gasteiger partial charge in [-0.3, -0.25) is 4.99 Å². The highest BCUT2D eigenvalue weighted by molar-refractivity contribution is 14.0. The predicted octanol–water partition coefficient (Wildman–Crippen LogP) is 3.98. The van der Waals surface area contributed by atoms with Crippen LogP contribution >= 0.6 is 35.3 Å². The Bertz CT molecular complexity index is 825. The topological polar surface area (TPSA) is 54.2 Å². The zero-order chi connectivity index (χ0) is 17.5. The molecule has 2 aromatic heterocycles. The summed E-state index contributed by atoms with van der Waals surface area (Å²) in [4.78, 5) is 7.01. The molecule has 0 aliphatic rings. The van der Waals surface area contributed by atoms with Crippen molar-refractivity contribution in [3.63, 3.8) is 0 Å². The Morgan fingerprint density at radius 3 is 2.50 bits per heavy atom. The van der Waals surface area contributed by atoms with Crippen LogP contribution < -0.4 is 10.6 Å². The molecule has 0 unspecified atom stereocenters. The number of guanidine groups is 1. The molecule has 1 aromatic carbocycles. The maximum absolute atomic E-state index is 4.41. The number of aromatic nitrogens is 2. The van der Waals surface area contributed by atoms with Crippen LogP contribution in [0.25, 0.3) is 5.69 Å². The van der Waals surface area contributed by atoms with Gasteiger partial charge in [0.15, 0.2) is 5.96 Å². The molecule has 0 fully saturated rings. The number of benzene rings is 1. The fourth-order valence-electron chi connectivity index (χ4n) is 2.46. The molecule has 0 radical (unpaired) electrons. The van der Waals surface area contributed by atoms with Gasteiger partial charge in [0.05, 0.1) is 18.4 Å². The van der Waals surface area contributed by atoms with E-state index in [0.717, 1.165) is 30.2 Å². The van der Waals surface area contributed by atoms with Gasteiger partial charge in [0.2, 0.25) is 0 Å². The van der Waals surface area contributed by atoms with Crippen LogP contribution in [0.5, 0.6) is 0 Å². The predicted molar refractivity (Wildman–Crippen MR) is 120 cm³/mol. The van der Waals surface area contributed by atoms with Crippen molar-refractivity contribution in [2.24, 2.45) is 4.99 Å². The lowest BCUT2D eigenvalue weighted by Crippen LogP contribution is -2.36. The molecule has 138 valence electrons. The number of nitrogens with zero attached hydrogens (tertiary/aromatic N) is 3. The Hall–Kier alpha value is -1.87. The molecule has 0 saturated carbocycles. The van der Waals surface area contributed by atoms with Gasteiger partial charge in [0, 0.05) is 35.1 Å². The van der Waals surface area contributed by atoms with Gasteiger partial charge < -0.3 is 10.6 Å². The van der Waals surface area contributed by atoms with Gasteiger partial charge in [0.1, 0.15) is 0 Å².